The lowest BCUT2D eigenvalue weighted by atomic mass is 10.1. The Bertz CT molecular complexity index is 782. The van der Waals surface area contributed by atoms with E-state index in [9.17, 15) is 4.39 Å². The Balaban J connectivity index is 1.83. The van der Waals surface area contributed by atoms with Gasteiger partial charge in [0.2, 0.25) is 5.65 Å². The normalized spacial score (nSPS) is 11.0. The SMILES string of the molecule is Cc1nnc2c(NCc3ccc(CN)cc3F)nccn12. The van der Waals surface area contributed by atoms with Crippen molar-refractivity contribution in [3.05, 3.63) is 53.4 Å². The summed E-state index contributed by atoms with van der Waals surface area (Å²) in [6.07, 6.45) is 3.44. The maximum absolute atomic E-state index is 13.9. The summed E-state index contributed by atoms with van der Waals surface area (Å²) in [4.78, 5) is 4.22. The van der Waals surface area contributed by atoms with Gasteiger partial charge in [-0.2, -0.15) is 0 Å². The first kappa shape index (κ1) is 13.4. The van der Waals surface area contributed by atoms with Crippen molar-refractivity contribution in [1.29, 1.82) is 0 Å². The molecule has 0 unspecified atom stereocenters. The van der Waals surface area contributed by atoms with Crippen molar-refractivity contribution in [2.24, 2.45) is 5.73 Å². The summed E-state index contributed by atoms with van der Waals surface area (Å²) in [5.41, 5.74) is 7.42. The lowest BCUT2D eigenvalue weighted by Crippen LogP contribution is -2.06. The Kier molecular flexibility index (Phi) is 3.49. The van der Waals surface area contributed by atoms with Crippen LogP contribution in [0, 0.1) is 12.7 Å². The third kappa shape index (κ3) is 2.55. The summed E-state index contributed by atoms with van der Waals surface area (Å²) in [5, 5.41) is 11.1. The quantitative estimate of drug-likeness (QED) is 0.762. The zero-order valence-electron chi connectivity index (χ0n) is 11.5. The lowest BCUT2D eigenvalue weighted by molar-refractivity contribution is 0.610. The van der Waals surface area contributed by atoms with Gasteiger partial charge in [-0.05, 0) is 18.6 Å². The van der Waals surface area contributed by atoms with Crippen LogP contribution in [0.1, 0.15) is 17.0 Å². The van der Waals surface area contributed by atoms with E-state index in [-0.39, 0.29) is 5.82 Å². The van der Waals surface area contributed by atoms with Gasteiger partial charge >= 0.3 is 0 Å². The third-order valence-electron chi connectivity index (χ3n) is 3.30. The van der Waals surface area contributed by atoms with Gasteiger partial charge < -0.3 is 11.1 Å². The summed E-state index contributed by atoms with van der Waals surface area (Å²) in [5.74, 6) is 1.06. The predicted octanol–water partition coefficient (Wildman–Crippen LogP) is 1.64. The van der Waals surface area contributed by atoms with Crippen LogP contribution in [-0.2, 0) is 13.1 Å². The minimum Gasteiger partial charge on any atom is -0.363 e. The van der Waals surface area contributed by atoms with Gasteiger partial charge in [0.15, 0.2) is 5.82 Å². The van der Waals surface area contributed by atoms with Gasteiger partial charge in [-0.15, -0.1) is 10.2 Å². The number of nitrogens with zero attached hydrogens (tertiary/aromatic N) is 4. The van der Waals surface area contributed by atoms with Crippen LogP contribution in [0.5, 0.6) is 0 Å². The van der Waals surface area contributed by atoms with Crippen LogP contribution in [0.25, 0.3) is 5.65 Å². The standard InChI is InChI=1S/C14H15FN6/c1-9-19-20-14-13(17-4-5-21(9)14)18-8-11-3-2-10(7-16)6-12(11)15/h2-6H,7-8,16H2,1H3,(H,17,18). The Hall–Kier alpha value is -2.54. The number of halogens is 1. The molecule has 6 nitrogen and oxygen atoms in total. The highest BCUT2D eigenvalue weighted by atomic mass is 19.1. The average molecular weight is 286 g/mol. The molecule has 0 aliphatic carbocycles. The van der Waals surface area contributed by atoms with Crippen molar-refractivity contribution in [2.75, 3.05) is 5.32 Å². The molecule has 3 aromatic rings. The average Bonchev–Trinajstić information content (AvgIpc) is 2.88. The zero-order chi connectivity index (χ0) is 14.8. The zero-order valence-corrected chi connectivity index (χ0v) is 11.5. The number of aryl methyl sites for hydroxylation is 1. The molecule has 7 heteroatoms. The van der Waals surface area contributed by atoms with Crippen LogP contribution < -0.4 is 11.1 Å². The molecule has 0 atom stereocenters. The summed E-state index contributed by atoms with van der Waals surface area (Å²) >= 11 is 0. The number of hydrogen-bond acceptors (Lipinski definition) is 5. The Morgan fingerprint density at radius 2 is 2.19 bits per heavy atom. The van der Waals surface area contributed by atoms with Crippen LogP contribution >= 0.6 is 0 Å². The predicted molar refractivity (Wildman–Crippen MR) is 77.1 cm³/mol. The smallest absolute Gasteiger partial charge is 0.203 e. The number of nitrogens with one attached hydrogen (secondary N) is 1. The van der Waals surface area contributed by atoms with Crippen molar-refractivity contribution < 1.29 is 4.39 Å². The molecule has 2 aromatic heterocycles. The van der Waals surface area contributed by atoms with Crippen LogP contribution in [-0.4, -0.2) is 19.6 Å². The molecule has 0 bridgehead atoms. The van der Waals surface area contributed by atoms with Crippen LogP contribution in [0.15, 0.2) is 30.6 Å². The van der Waals surface area contributed by atoms with Gasteiger partial charge in [0.25, 0.3) is 0 Å². The number of anilines is 1. The first-order valence-electron chi connectivity index (χ1n) is 6.56. The second-order valence-electron chi connectivity index (χ2n) is 4.70. The van der Waals surface area contributed by atoms with Gasteiger partial charge in [0.05, 0.1) is 0 Å². The highest BCUT2D eigenvalue weighted by molar-refractivity contribution is 5.62. The van der Waals surface area contributed by atoms with E-state index in [0.717, 1.165) is 11.4 Å². The number of rotatable bonds is 4. The lowest BCUT2D eigenvalue weighted by Gasteiger charge is -2.08. The fourth-order valence-corrected chi connectivity index (χ4v) is 2.11. The largest absolute Gasteiger partial charge is 0.363 e. The second-order valence-corrected chi connectivity index (χ2v) is 4.70. The molecule has 0 saturated carbocycles. The van der Waals surface area contributed by atoms with Crippen LogP contribution in [0.2, 0.25) is 0 Å². The van der Waals surface area contributed by atoms with E-state index in [1.54, 1.807) is 18.5 Å². The van der Waals surface area contributed by atoms with E-state index < -0.39 is 0 Å². The maximum Gasteiger partial charge on any atom is 0.203 e. The number of fused-ring (bicyclic) bond motifs is 1. The molecule has 0 amide bonds. The highest BCUT2D eigenvalue weighted by Gasteiger charge is 2.09. The van der Waals surface area contributed by atoms with E-state index in [4.69, 9.17) is 5.73 Å². The van der Waals surface area contributed by atoms with Crippen molar-refractivity contribution >= 4 is 11.5 Å². The molecule has 0 spiro atoms. The summed E-state index contributed by atoms with van der Waals surface area (Å²) in [7, 11) is 0. The minimum absolute atomic E-state index is 0.282. The van der Waals surface area contributed by atoms with Crippen LogP contribution in [0.3, 0.4) is 0 Å². The molecule has 0 radical (unpaired) electrons. The first-order valence-corrected chi connectivity index (χ1v) is 6.56. The highest BCUT2D eigenvalue weighted by Crippen LogP contribution is 2.15. The molecule has 0 fully saturated rings. The molecule has 0 aliphatic rings. The maximum atomic E-state index is 13.9. The van der Waals surface area contributed by atoms with Crippen molar-refractivity contribution in [1.82, 2.24) is 19.6 Å². The van der Waals surface area contributed by atoms with E-state index in [0.29, 0.717) is 30.1 Å². The minimum atomic E-state index is -0.282. The van der Waals surface area contributed by atoms with Gasteiger partial charge in [-0.1, -0.05) is 12.1 Å². The van der Waals surface area contributed by atoms with Gasteiger partial charge in [-0.3, -0.25) is 4.40 Å². The molecule has 3 N–H and O–H groups in total. The molecule has 3 rings (SSSR count). The number of hydrogen-bond donors (Lipinski definition) is 2. The van der Waals surface area contributed by atoms with Gasteiger partial charge in [0, 0.05) is 31.0 Å². The molecular formula is C14H15FN6. The fourth-order valence-electron chi connectivity index (χ4n) is 2.11. The number of nitrogens with two attached hydrogens (primary N) is 1. The monoisotopic (exact) mass is 286 g/mol. The number of benzene rings is 1. The summed E-state index contributed by atoms with van der Waals surface area (Å²) in [6, 6.07) is 4.99. The Labute approximate surface area is 120 Å². The molecular weight excluding hydrogens is 271 g/mol. The third-order valence-corrected chi connectivity index (χ3v) is 3.30. The van der Waals surface area contributed by atoms with Gasteiger partial charge in [0.1, 0.15) is 11.6 Å². The molecule has 2 heterocycles. The molecule has 0 aliphatic heterocycles. The molecule has 1 aromatic carbocycles. The summed E-state index contributed by atoms with van der Waals surface area (Å²) in [6.45, 7) is 2.49. The van der Waals surface area contributed by atoms with Crippen molar-refractivity contribution in [3.8, 4) is 0 Å². The number of aromatic nitrogens is 4. The summed E-state index contributed by atoms with van der Waals surface area (Å²) < 4.78 is 15.7. The van der Waals surface area contributed by atoms with E-state index >= 15 is 0 Å². The second kappa shape index (κ2) is 5.45. The van der Waals surface area contributed by atoms with Crippen molar-refractivity contribution in [3.63, 3.8) is 0 Å². The molecule has 21 heavy (non-hydrogen) atoms. The Morgan fingerprint density at radius 1 is 1.33 bits per heavy atom. The Morgan fingerprint density at radius 3 is 2.95 bits per heavy atom. The topological polar surface area (TPSA) is 81.1 Å². The van der Waals surface area contributed by atoms with E-state index in [2.05, 4.69) is 20.5 Å². The van der Waals surface area contributed by atoms with E-state index in [1.807, 2.05) is 17.4 Å². The fraction of sp³-hybridized carbons (Fsp3) is 0.214. The molecule has 108 valence electrons. The van der Waals surface area contributed by atoms with Crippen molar-refractivity contribution in [2.45, 2.75) is 20.0 Å². The molecule has 0 saturated heterocycles. The van der Waals surface area contributed by atoms with Crippen LogP contribution in [0.4, 0.5) is 10.2 Å². The van der Waals surface area contributed by atoms with E-state index in [1.165, 1.54) is 6.07 Å². The first-order chi connectivity index (χ1) is 10.2. The van der Waals surface area contributed by atoms with Gasteiger partial charge in [-0.25, -0.2) is 9.37 Å².